The van der Waals surface area contributed by atoms with Gasteiger partial charge in [0.2, 0.25) is 0 Å². The minimum atomic E-state index is 0.215. The van der Waals surface area contributed by atoms with Crippen LogP contribution in [0, 0.1) is 0 Å². The lowest BCUT2D eigenvalue weighted by molar-refractivity contribution is 0.288. The van der Waals surface area contributed by atoms with E-state index in [1.807, 2.05) is 18.2 Å². The van der Waals surface area contributed by atoms with Gasteiger partial charge in [0.1, 0.15) is 0 Å². The molecule has 1 aromatic rings. The molecule has 1 nitrogen and oxygen atoms in total. The zero-order valence-corrected chi connectivity index (χ0v) is 8.90. The third-order valence-electron chi connectivity index (χ3n) is 1.62. The fourth-order valence-corrected chi connectivity index (χ4v) is 1.76. The van der Waals surface area contributed by atoms with Gasteiger partial charge in [-0.3, -0.25) is 0 Å². The van der Waals surface area contributed by atoms with Crippen molar-refractivity contribution < 1.29 is 5.11 Å². The van der Waals surface area contributed by atoms with Crippen LogP contribution in [0.3, 0.4) is 0 Å². The van der Waals surface area contributed by atoms with E-state index < -0.39 is 0 Å². The van der Waals surface area contributed by atoms with E-state index in [1.165, 1.54) is 0 Å². The second-order valence-corrected chi connectivity index (χ2v) is 3.89. The summed E-state index contributed by atoms with van der Waals surface area (Å²) in [6.45, 7) is 0.215. The molecule has 0 bridgehead atoms. The van der Waals surface area contributed by atoms with Crippen LogP contribution in [-0.2, 0) is 6.42 Å². The molecule has 66 valence electrons. The second kappa shape index (κ2) is 4.85. The monoisotopic (exact) mass is 248 g/mol. The first-order valence-electron chi connectivity index (χ1n) is 3.79. The van der Waals surface area contributed by atoms with Gasteiger partial charge in [-0.25, -0.2) is 0 Å². The summed E-state index contributed by atoms with van der Waals surface area (Å²) in [5.74, 6) is 0. The molecule has 0 radical (unpaired) electrons. The van der Waals surface area contributed by atoms with E-state index in [4.69, 9.17) is 16.7 Å². The van der Waals surface area contributed by atoms with E-state index in [-0.39, 0.29) is 6.61 Å². The van der Waals surface area contributed by atoms with E-state index in [0.29, 0.717) is 0 Å². The summed E-state index contributed by atoms with van der Waals surface area (Å²) in [7, 11) is 0. The lowest BCUT2D eigenvalue weighted by Gasteiger charge is -2.02. The summed E-state index contributed by atoms with van der Waals surface area (Å²) in [6, 6.07) is 5.80. The molecule has 0 atom stereocenters. The van der Waals surface area contributed by atoms with Crippen LogP contribution in [0.1, 0.15) is 12.0 Å². The molecule has 0 aliphatic carbocycles. The average Bonchev–Trinajstić information content (AvgIpc) is 2.03. The molecule has 0 spiro atoms. The van der Waals surface area contributed by atoms with Crippen molar-refractivity contribution in [3.8, 4) is 0 Å². The Morgan fingerprint density at radius 1 is 1.42 bits per heavy atom. The minimum Gasteiger partial charge on any atom is -0.396 e. The standard InChI is InChI=1S/C9H10BrClO/c10-8-4-3-7(2-1-5-12)9(11)6-8/h3-4,6,12H,1-2,5H2. The number of rotatable bonds is 3. The van der Waals surface area contributed by atoms with Gasteiger partial charge < -0.3 is 5.11 Å². The van der Waals surface area contributed by atoms with Gasteiger partial charge in [0, 0.05) is 16.1 Å². The molecule has 0 aromatic heterocycles. The van der Waals surface area contributed by atoms with E-state index in [0.717, 1.165) is 27.9 Å². The van der Waals surface area contributed by atoms with E-state index in [1.54, 1.807) is 0 Å². The molecule has 1 aromatic carbocycles. The van der Waals surface area contributed by atoms with Gasteiger partial charge in [-0.2, -0.15) is 0 Å². The largest absolute Gasteiger partial charge is 0.396 e. The Kier molecular flexibility index (Phi) is 4.06. The summed E-state index contributed by atoms with van der Waals surface area (Å²) >= 11 is 9.28. The molecule has 0 fully saturated rings. The van der Waals surface area contributed by atoms with Crippen LogP contribution in [0.5, 0.6) is 0 Å². The van der Waals surface area contributed by atoms with Crippen LogP contribution in [0.4, 0.5) is 0 Å². The van der Waals surface area contributed by atoms with Gasteiger partial charge >= 0.3 is 0 Å². The van der Waals surface area contributed by atoms with Gasteiger partial charge in [-0.05, 0) is 30.5 Å². The SMILES string of the molecule is OCCCc1ccc(Br)cc1Cl. The molecule has 0 heterocycles. The topological polar surface area (TPSA) is 20.2 Å². The maximum atomic E-state index is 8.62. The number of hydrogen-bond donors (Lipinski definition) is 1. The Morgan fingerprint density at radius 3 is 2.75 bits per heavy atom. The maximum absolute atomic E-state index is 8.62. The first-order chi connectivity index (χ1) is 5.74. The van der Waals surface area contributed by atoms with Crippen molar-refractivity contribution >= 4 is 27.5 Å². The van der Waals surface area contributed by atoms with Crippen LogP contribution >= 0.6 is 27.5 Å². The summed E-state index contributed by atoms with van der Waals surface area (Å²) < 4.78 is 0.986. The molecule has 0 saturated carbocycles. The van der Waals surface area contributed by atoms with E-state index >= 15 is 0 Å². The lowest BCUT2D eigenvalue weighted by Crippen LogP contribution is -1.90. The highest BCUT2D eigenvalue weighted by Crippen LogP contribution is 2.22. The molecule has 0 saturated heterocycles. The fraction of sp³-hybridized carbons (Fsp3) is 0.333. The summed E-state index contributed by atoms with van der Waals surface area (Å²) in [5.41, 5.74) is 1.09. The number of aliphatic hydroxyl groups excluding tert-OH is 1. The zero-order chi connectivity index (χ0) is 8.97. The van der Waals surface area contributed by atoms with Crippen molar-refractivity contribution in [2.24, 2.45) is 0 Å². The van der Waals surface area contributed by atoms with Crippen LogP contribution < -0.4 is 0 Å². The molecule has 3 heteroatoms. The highest BCUT2D eigenvalue weighted by Gasteiger charge is 1.99. The quantitative estimate of drug-likeness (QED) is 0.873. The normalized spacial score (nSPS) is 10.2. The third kappa shape index (κ3) is 2.77. The Morgan fingerprint density at radius 2 is 2.17 bits per heavy atom. The van der Waals surface area contributed by atoms with Gasteiger partial charge in [0.15, 0.2) is 0 Å². The zero-order valence-electron chi connectivity index (χ0n) is 6.56. The predicted octanol–water partition coefficient (Wildman–Crippen LogP) is 3.03. The Bertz CT molecular complexity index is 263. The molecular formula is C9H10BrClO. The Hall–Kier alpha value is -0.0500. The molecule has 12 heavy (non-hydrogen) atoms. The van der Waals surface area contributed by atoms with Crippen molar-refractivity contribution in [1.82, 2.24) is 0 Å². The summed E-state index contributed by atoms with van der Waals surface area (Å²) in [5, 5.41) is 9.38. The molecule has 0 unspecified atom stereocenters. The van der Waals surface area contributed by atoms with Crippen LogP contribution in [0.25, 0.3) is 0 Å². The Labute approximate surface area is 85.5 Å². The highest BCUT2D eigenvalue weighted by molar-refractivity contribution is 9.10. The predicted molar refractivity (Wildman–Crippen MR) is 54.6 cm³/mol. The summed E-state index contributed by atoms with van der Waals surface area (Å²) in [6.07, 6.45) is 1.60. The maximum Gasteiger partial charge on any atom is 0.0449 e. The van der Waals surface area contributed by atoms with Crippen molar-refractivity contribution in [2.45, 2.75) is 12.8 Å². The molecule has 0 aliphatic rings. The molecule has 1 N–H and O–H groups in total. The first kappa shape index (κ1) is 10.0. The van der Waals surface area contributed by atoms with E-state index in [2.05, 4.69) is 15.9 Å². The fourth-order valence-electron chi connectivity index (χ4n) is 0.994. The highest BCUT2D eigenvalue weighted by atomic mass is 79.9. The van der Waals surface area contributed by atoms with Crippen molar-refractivity contribution in [2.75, 3.05) is 6.61 Å². The number of aryl methyl sites for hydroxylation is 1. The molecule has 1 rings (SSSR count). The average molecular weight is 250 g/mol. The molecular weight excluding hydrogens is 239 g/mol. The van der Waals surface area contributed by atoms with Crippen LogP contribution in [-0.4, -0.2) is 11.7 Å². The lowest BCUT2D eigenvalue weighted by atomic mass is 10.1. The third-order valence-corrected chi connectivity index (χ3v) is 2.46. The van der Waals surface area contributed by atoms with Crippen LogP contribution in [0.15, 0.2) is 22.7 Å². The van der Waals surface area contributed by atoms with Gasteiger partial charge in [0.05, 0.1) is 0 Å². The van der Waals surface area contributed by atoms with Crippen molar-refractivity contribution in [1.29, 1.82) is 0 Å². The van der Waals surface area contributed by atoms with Crippen LogP contribution in [0.2, 0.25) is 5.02 Å². The smallest absolute Gasteiger partial charge is 0.0449 e. The first-order valence-corrected chi connectivity index (χ1v) is 4.96. The second-order valence-electron chi connectivity index (χ2n) is 2.56. The van der Waals surface area contributed by atoms with E-state index in [9.17, 15) is 0 Å². The summed E-state index contributed by atoms with van der Waals surface area (Å²) in [4.78, 5) is 0. The molecule has 0 amide bonds. The van der Waals surface area contributed by atoms with Gasteiger partial charge in [-0.1, -0.05) is 33.6 Å². The molecule has 0 aliphatic heterocycles. The minimum absolute atomic E-state index is 0.215. The van der Waals surface area contributed by atoms with Crippen molar-refractivity contribution in [3.05, 3.63) is 33.3 Å². The van der Waals surface area contributed by atoms with Gasteiger partial charge in [-0.15, -0.1) is 0 Å². The number of halogens is 2. The van der Waals surface area contributed by atoms with Gasteiger partial charge in [0.25, 0.3) is 0 Å². The Balaban J connectivity index is 2.72. The number of benzene rings is 1. The number of hydrogen-bond acceptors (Lipinski definition) is 1. The van der Waals surface area contributed by atoms with Crippen molar-refractivity contribution in [3.63, 3.8) is 0 Å². The number of aliphatic hydroxyl groups is 1.